The minimum atomic E-state index is 0.284. The van der Waals surface area contributed by atoms with E-state index >= 15 is 0 Å². The lowest BCUT2D eigenvalue weighted by Gasteiger charge is -2.10. The van der Waals surface area contributed by atoms with E-state index in [0.717, 1.165) is 6.42 Å². The molecule has 0 fully saturated rings. The normalized spacial score (nSPS) is 12.5. The Hall–Kier alpha value is -0.890. The topological polar surface area (TPSA) is 26.0 Å². The molecule has 1 nitrogen and oxygen atoms in total. The van der Waals surface area contributed by atoms with Crippen LogP contribution in [0.25, 0.3) is 0 Å². The van der Waals surface area contributed by atoms with Crippen LogP contribution in [-0.2, 0) is 6.42 Å². The van der Waals surface area contributed by atoms with Gasteiger partial charge in [-0.15, -0.1) is 0 Å². The summed E-state index contributed by atoms with van der Waals surface area (Å²) in [5.74, 6) is 0.284. The first-order chi connectivity index (χ1) is 6.49. The van der Waals surface area contributed by atoms with E-state index in [2.05, 4.69) is 39.0 Å². The van der Waals surface area contributed by atoms with Crippen molar-refractivity contribution < 1.29 is 0 Å². The Morgan fingerprint density at radius 2 is 1.79 bits per heavy atom. The number of benzene rings is 1. The predicted molar refractivity (Wildman–Crippen MR) is 65.6 cm³/mol. The van der Waals surface area contributed by atoms with Gasteiger partial charge in [0.15, 0.2) is 0 Å². The number of nitrogens with two attached hydrogens (primary N) is 1. The molecule has 1 unspecified atom stereocenters. The summed E-state index contributed by atoms with van der Waals surface area (Å²) >= 11 is 4.96. The van der Waals surface area contributed by atoms with Crippen LogP contribution in [0.4, 0.5) is 0 Å². The SMILES string of the molecule is Cc1cc(C)cc(CC(C)C(N)=S)c1. The largest absolute Gasteiger partial charge is 0.393 e. The smallest absolute Gasteiger partial charge is 0.0759 e. The Balaban J connectivity index is 2.81. The highest BCUT2D eigenvalue weighted by molar-refractivity contribution is 7.80. The van der Waals surface area contributed by atoms with Crippen molar-refractivity contribution in [2.24, 2.45) is 11.7 Å². The van der Waals surface area contributed by atoms with Crippen LogP contribution in [0.15, 0.2) is 18.2 Å². The Kier molecular flexibility index (Phi) is 3.64. The van der Waals surface area contributed by atoms with Crippen molar-refractivity contribution in [3.8, 4) is 0 Å². The predicted octanol–water partition coefficient (Wildman–Crippen LogP) is 2.77. The number of rotatable bonds is 3. The highest BCUT2D eigenvalue weighted by Gasteiger charge is 2.06. The molecule has 0 aromatic heterocycles. The van der Waals surface area contributed by atoms with Gasteiger partial charge in [-0.3, -0.25) is 0 Å². The van der Waals surface area contributed by atoms with E-state index in [4.69, 9.17) is 18.0 Å². The van der Waals surface area contributed by atoms with E-state index < -0.39 is 0 Å². The van der Waals surface area contributed by atoms with Crippen LogP contribution in [0.1, 0.15) is 23.6 Å². The highest BCUT2D eigenvalue weighted by atomic mass is 32.1. The zero-order chi connectivity index (χ0) is 10.7. The average Bonchev–Trinajstić information content (AvgIpc) is 2.01. The maximum atomic E-state index is 5.59. The van der Waals surface area contributed by atoms with Gasteiger partial charge in [0.2, 0.25) is 0 Å². The van der Waals surface area contributed by atoms with Gasteiger partial charge in [-0.1, -0.05) is 48.5 Å². The third kappa shape index (κ3) is 3.11. The fraction of sp³-hybridized carbons (Fsp3) is 0.417. The lowest BCUT2D eigenvalue weighted by Crippen LogP contribution is -2.20. The molecule has 0 aliphatic heterocycles. The summed E-state index contributed by atoms with van der Waals surface area (Å²) in [5, 5.41) is 0. The maximum absolute atomic E-state index is 5.59. The molecule has 0 saturated carbocycles. The van der Waals surface area contributed by atoms with Crippen molar-refractivity contribution >= 4 is 17.2 Å². The lowest BCUT2D eigenvalue weighted by atomic mass is 9.98. The van der Waals surface area contributed by atoms with Gasteiger partial charge in [0.1, 0.15) is 0 Å². The Morgan fingerprint density at radius 3 is 2.21 bits per heavy atom. The molecule has 2 N–H and O–H groups in total. The van der Waals surface area contributed by atoms with Gasteiger partial charge in [-0.2, -0.15) is 0 Å². The molecular formula is C12H17NS. The van der Waals surface area contributed by atoms with Crippen LogP contribution in [-0.4, -0.2) is 4.99 Å². The third-order valence-electron chi connectivity index (χ3n) is 2.31. The van der Waals surface area contributed by atoms with E-state index in [0.29, 0.717) is 4.99 Å². The summed E-state index contributed by atoms with van der Waals surface area (Å²) in [6.45, 7) is 6.30. The van der Waals surface area contributed by atoms with Crippen LogP contribution in [0.5, 0.6) is 0 Å². The summed E-state index contributed by atoms with van der Waals surface area (Å²) in [5.41, 5.74) is 9.52. The second-order valence-electron chi connectivity index (χ2n) is 4.00. The van der Waals surface area contributed by atoms with E-state index in [1.54, 1.807) is 0 Å². The standard InChI is InChI=1S/C12H17NS/c1-8-4-9(2)6-11(5-8)7-10(3)12(13)14/h4-6,10H,7H2,1-3H3,(H2,13,14). The van der Waals surface area contributed by atoms with Crippen LogP contribution in [0, 0.1) is 19.8 Å². The Bertz CT molecular complexity index is 324. The molecule has 1 aromatic rings. The fourth-order valence-corrected chi connectivity index (χ4v) is 1.72. The van der Waals surface area contributed by atoms with E-state index in [-0.39, 0.29) is 5.92 Å². The average molecular weight is 207 g/mol. The molecule has 0 aliphatic rings. The van der Waals surface area contributed by atoms with Crippen molar-refractivity contribution in [1.82, 2.24) is 0 Å². The van der Waals surface area contributed by atoms with Crippen molar-refractivity contribution in [1.29, 1.82) is 0 Å². The molecule has 1 atom stereocenters. The molecule has 14 heavy (non-hydrogen) atoms. The van der Waals surface area contributed by atoms with Crippen molar-refractivity contribution in [2.45, 2.75) is 27.2 Å². The minimum Gasteiger partial charge on any atom is -0.393 e. The molecule has 76 valence electrons. The molecule has 1 rings (SSSR count). The van der Waals surface area contributed by atoms with Gasteiger partial charge in [0.05, 0.1) is 4.99 Å². The van der Waals surface area contributed by atoms with Crippen molar-refractivity contribution in [2.75, 3.05) is 0 Å². The molecular weight excluding hydrogens is 190 g/mol. The van der Waals surface area contributed by atoms with Crippen LogP contribution >= 0.6 is 12.2 Å². The Morgan fingerprint density at radius 1 is 1.29 bits per heavy atom. The summed E-state index contributed by atoms with van der Waals surface area (Å²) in [6.07, 6.45) is 0.942. The first kappa shape index (κ1) is 11.2. The van der Waals surface area contributed by atoms with Crippen LogP contribution in [0.2, 0.25) is 0 Å². The summed E-state index contributed by atoms with van der Waals surface area (Å²) in [4.78, 5) is 0.601. The number of aryl methyl sites for hydroxylation is 2. The second-order valence-corrected chi connectivity index (χ2v) is 4.47. The minimum absolute atomic E-state index is 0.284. The van der Waals surface area contributed by atoms with E-state index in [9.17, 15) is 0 Å². The zero-order valence-electron chi connectivity index (χ0n) is 9.00. The van der Waals surface area contributed by atoms with Crippen LogP contribution < -0.4 is 5.73 Å². The van der Waals surface area contributed by atoms with Gasteiger partial charge in [0.25, 0.3) is 0 Å². The Labute approximate surface area is 91.3 Å². The molecule has 0 heterocycles. The van der Waals surface area contributed by atoms with E-state index in [1.165, 1.54) is 16.7 Å². The maximum Gasteiger partial charge on any atom is 0.0759 e. The highest BCUT2D eigenvalue weighted by Crippen LogP contribution is 2.13. The first-order valence-electron chi connectivity index (χ1n) is 4.85. The van der Waals surface area contributed by atoms with Gasteiger partial charge >= 0.3 is 0 Å². The van der Waals surface area contributed by atoms with Gasteiger partial charge in [-0.05, 0) is 25.8 Å². The van der Waals surface area contributed by atoms with Gasteiger partial charge < -0.3 is 5.73 Å². The zero-order valence-corrected chi connectivity index (χ0v) is 9.82. The molecule has 0 radical (unpaired) electrons. The first-order valence-corrected chi connectivity index (χ1v) is 5.26. The fourth-order valence-electron chi connectivity index (χ4n) is 1.64. The van der Waals surface area contributed by atoms with Gasteiger partial charge in [-0.25, -0.2) is 0 Å². The number of hydrogen-bond donors (Lipinski definition) is 1. The molecule has 0 bridgehead atoms. The quantitative estimate of drug-likeness (QED) is 0.771. The number of hydrogen-bond acceptors (Lipinski definition) is 1. The van der Waals surface area contributed by atoms with Gasteiger partial charge in [0, 0.05) is 5.92 Å². The van der Waals surface area contributed by atoms with Crippen LogP contribution in [0.3, 0.4) is 0 Å². The summed E-state index contributed by atoms with van der Waals surface area (Å²) in [6, 6.07) is 6.57. The molecule has 0 spiro atoms. The van der Waals surface area contributed by atoms with Crippen molar-refractivity contribution in [3.63, 3.8) is 0 Å². The third-order valence-corrected chi connectivity index (χ3v) is 2.71. The summed E-state index contributed by atoms with van der Waals surface area (Å²) < 4.78 is 0. The lowest BCUT2D eigenvalue weighted by molar-refractivity contribution is 0.770. The van der Waals surface area contributed by atoms with Crippen molar-refractivity contribution in [3.05, 3.63) is 34.9 Å². The number of thiocarbonyl (C=S) groups is 1. The molecule has 2 heteroatoms. The molecule has 0 saturated heterocycles. The van der Waals surface area contributed by atoms with E-state index in [1.807, 2.05) is 0 Å². The molecule has 0 aliphatic carbocycles. The monoisotopic (exact) mass is 207 g/mol. The molecule has 0 amide bonds. The second kappa shape index (κ2) is 4.56. The summed E-state index contributed by atoms with van der Waals surface area (Å²) in [7, 11) is 0. The molecule has 1 aromatic carbocycles.